The Hall–Kier alpha value is -0.830. The van der Waals surface area contributed by atoms with E-state index >= 15 is 0 Å². The highest BCUT2D eigenvalue weighted by molar-refractivity contribution is 5.71. The van der Waals surface area contributed by atoms with Crippen LogP contribution in [-0.2, 0) is 9.53 Å². The lowest BCUT2D eigenvalue weighted by molar-refractivity contribution is -0.147. The summed E-state index contributed by atoms with van der Waals surface area (Å²) >= 11 is 0. The second-order valence-corrected chi connectivity index (χ2v) is 2.87. The van der Waals surface area contributed by atoms with Gasteiger partial charge in [-0.3, -0.25) is 4.79 Å². The van der Waals surface area contributed by atoms with E-state index < -0.39 is 12.9 Å². The summed E-state index contributed by atoms with van der Waals surface area (Å²) in [5.41, 5.74) is 0. The maximum absolute atomic E-state index is 11.2. The Labute approximate surface area is 84.4 Å². The summed E-state index contributed by atoms with van der Waals surface area (Å²) in [5.74, 6) is -0.540. The first kappa shape index (κ1) is 7.56. The van der Waals surface area contributed by atoms with Crippen molar-refractivity contribution < 1.29 is 13.6 Å². The van der Waals surface area contributed by atoms with E-state index in [9.17, 15) is 4.79 Å². The number of rotatable bonds is 7. The normalized spacial score (nSPS) is 16.5. The van der Waals surface area contributed by atoms with Crippen molar-refractivity contribution in [1.29, 1.82) is 0 Å². The van der Waals surface area contributed by atoms with Gasteiger partial charge in [0.1, 0.15) is 0 Å². The summed E-state index contributed by atoms with van der Waals surface area (Å²) in [6, 6.07) is 0. The Morgan fingerprint density at radius 1 is 1.85 bits per heavy atom. The summed E-state index contributed by atoms with van der Waals surface area (Å²) in [7, 11) is 0. The van der Waals surface area contributed by atoms with Gasteiger partial charge in [-0.15, -0.1) is 6.58 Å². The van der Waals surface area contributed by atoms with Crippen molar-refractivity contribution >= 4 is 5.97 Å². The van der Waals surface area contributed by atoms with Crippen molar-refractivity contribution in [2.45, 2.75) is 32.3 Å². The van der Waals surface area contributed by atoms with Crippen LogP contribution in [0.1, 0.15) is 30.3 Å². The van der Waals surface area contributed by atoms with Crippen molar-refractivity contribution in [2.24, 2.45) is 0 Å². The van der Waals surface area contributed by atoms with Crippen molar-refractivity contribution in [1.82, 2.24) is 5.32 Å². The van der Waals surface area contributed by atoms with Crippen molar-refractivity contribution in [3.63, 3.8) is 0 Å². The van der Waals surface area contributed by atoms with E-state index in [-0.39, 0.29) is 12.6 Å². The fourth-order valence-corrected chi connectivity index (χ4v) is 0.947. The molecule has 76 valence electrons. The zero-order valence-electron chi connectivity index (χ0n) is 11.0. The third-order valence-electron chi connectivity index (χ3n) is 1.58. The molecule has 1 atom stereocenters. The molecule has 0 amide bonds. The topological polar surface area (TPSA) is 38.3 Å². The van der Waals surface area contributed by atoms with Crippen LogP contribution in [-0.4, -0.2) is 25.6 Å². The molecule has 0 rings (SSSR count). The molecule has 0 aliphatic rings. The van der Waals surface area contributed by atoms with Crippen LogP contribution in [0.15, 0.2) is 12.7 Å². The number of likely N-dealkylation sites (N-methyl/N-ethyl adjacent to an activating group) is 1. The molecule has 0 fully saturated rings. The summed E-state index contributed by atoms with van der Waals surface area (Å²) in [5, 5.41) is 2.10. The van der Waals surface area contributed by atoms with Crippen LogP contribution in [0, 0.1) is 0 Å². The van der Waals surface area contributed by atoms with Crippen LogP contribution < -0.4 is 5.32 Å². The maximum atomic E-state index is 11.2. The van der Waals surface area contributed by atoms with E-state index in [1.807, 2.05) is 6.08 Å². The Balaban J connectivity index is 3.66. The molecule has 0 radical (unpaired) electrons. The molecule has 0 spiro atoms. The highest BCUT2D eigenvalue weighted by Crippen LogP contribution is 2.04. The third kappa shape index (κ3) is 7.53. The van der Waals surface area contributed by atoms with Crippen molar-refractivity contribution in [2.75, 3.05) is 13.5 Å². The van der Waals surface area contributed by atoms with Gasteiger partial charge in [-0.1, -0.05) is 6.08 Å². The third-order valence-corrected chi connectivity index (χ3v) is 1.58. The molecule has 0 unspecified atom stereocenters. The number of carbonyl (C=O) groups is 1. The number of carbonyl (C=O) groups excluding carboxylic acids is 1. The molecule has 3 heteroatoms. The molecule has 0 saturated heterocycles. The molecule has 0 aliphatic carbocycles. The van der Waals surface area contributed by atoms with Crippen LogP contribution in [0.2, 0.25) is 0 Å². The Morgan fingerprint density at radius 3 is 3.23 bits per heavy atom. The van der Waals surface area contributed by atoms with E-state index in [0.29, 0.717) is 0 Å². The predicted molar refractivity (Wildman–Crippen MR) is 53.5 cm³/mol. The second kappa shape index (κ2) is 7.80. The van der Waals surface area contributed by atoms with Gasteiger partial charge in [-0.25, -0.2) is 0 Å². The van der Waals surface area contributed by atoms with Gasteiger partial charge in [-0.05, 0) is 33.2 Å². The first-order valence-electron chi connectivity index (χ1n) is 5.90. The van der Waals surface area contributed by atoms with Gasteiger partial charge in [0.05, 0.1) is 12.6 Å². The smallest absolute Gasteiger partial charge is 0.320 e. The molecule has 0 aromatic carbocycles. The molecule has 13 heavy (non-hydrogen) atoms. The molecule has 0 aliphatic heterocycles. The number of hydrogen-bond donors (Lipinski definition) is 1. The minimum absolute atomic E-state index is 0.189. The quantitative estimate of drug-likeness (QED) is 0.374. The summed E-state index contributed by atoms with van der Waals surface area (Å²) in [6.07, 6.45) is 4.17. The van der Waals surface area contributed by atoms with Gasteiger partial charge in [0, 0.05) is 4.11 Å². The lowest BCUT2D eigenvalue weighted by atomic mass is 10.2. The van der Waals surface area contributed by atoms with Gasteiger partial charge < -0.3 is 10.1 Å². The molecule has 0 heterocycles. The minimum Gasteiger partial charge on any atom is -0.462 e. The molecule has 0 saturated carbocycles. The molecule has 0 aromatic heterocycles. The van der Waals surface area contributed by atoms with Crippen LogP contribution in [0.5, 0.6) is 0 Å². The monoisotopic (exact) mass is 188 g/mol. The van der Waals surface area contributed by atoms with E-state index in [1.165, 1.54) is 0 Å². The molecule has 0 bridgehead atoms. The van der Waals surface area contributed by atoms with E-state index in [0.717, 1.165) is 19.3 Å². The Bertz CT molecular complexity index is 229. The lowest BCUT2D eigenvalue weighted by Gasteiger charge is -2.12. The number of allylic oxidation sites excluding steroid dienone is 1. The SMILES string of the molecule is [2H]C([2H])([2H])NCC(=O)O[C@@H](C)CCCC=C. The standard InChI is InChI=1S/C10H19NO2/c1-4-5-6-7-9(2)13-10(12)8-11-3/h4,9,11H,1,5-8H2,2-3H3/t9-/m0/s1/i3D3. The number of unbranched alkanes of at least 4 members (excludes halogenated alkanes) is 1. The van der Waals surface area contributed by atoms with Gasteiger partial charge in [0.25, 0.3) is 0 Å². The molecule has 0 aromatic rings. The Morgan fingerprint density at radius 2 is 2.62 bits per heavy atom. The Kier molecular flexibility index (Phi) is 4.54. The molecule has 3 nitrogen and oxygen atoms in total. The van der Waals surface area contributed by atoms with Crippen molar-refractivity contribution in [3.8, 4) is 0 Å². The number of nitrogens with one attached hydrogen (secondary N) is 1. The first-order valence-corrected chi connectivity index (χ1v) is 4.40. The maximum Gasteiger partial charge on any atom is 0.320 e. The average Bonchev–Trinajstić information content (AvgIpc) is 2.14. The minimum atomic E-state index is -2.30. The van der Waals surface area contributed by atoms with E-state index in [1.54, 1.807) is 6.92 Å². The van der Waals surface area contributed by atoms with Crippen LogP contribution in [0.25, 0.3) is 0 Å². The number of hydrogen-bond acceptors (Lipinski definition) is 3. The lowest BCUT2D eigenvalue weighted by Crippen LogP contribution is -2.24. The summed E-state index contributed by atoms with van der Waals surface area (Å²) < 4.78 is 25.5. The highest BCUT2D eigenvalue weighted by Gasteiger charge is 2.07. The predicted octanol–water partition coefficient (Wildman–Crippen LogP) is 1.49. The van der Waals surface area contributed by atoms with Crippen LogP contribution >= 0.6 is 0 Å². The molecular formula is C10H19NO2. The fourth-order valence-electron chi connectivity index (χ4n) is 0.947. The average molecular weight is 188 g/mol. The fraction of sp³-hybridized carbons (Fsp3) is 0.700. The van der Waals surface area contributed by atoms with E-state index in [2.05, 4.69) is 11.9 Å². The van der Waals surface area contributed by atoms with Gasteiger partial charge in [0.2, 0.25) is 0 Å². The van der Waals surface area contributed by atoms with Gasteiger partial charge in [0.15, 0.2) is 0 Å². The molecule has 1 N–H and O–H groups in total. The summed E-state index contributed by atoms with van der Waals surface area (Å²) in [4.78, 5) is 11.2. The number of ether oxygens (including phenoxy) is 1. The highest BCUT2D eigenvalue weighted by atomic mass is 16.5. The van der Waals surface area contributed by atoms with Gasteiger partial charge in [-0.2, -0.15) is 0 Å². The van der Waals surface area contributed by atoms with Gasteiger partial charge >= 0.3 is 5.97 Å². The zero-order valence-corrected chi connectivity index (χ0v) is 8.01. The first-order chi connectivity index (χ1) is 7.35. The largest absolute Gasteiger partial charge is 0.462 e. The van der Waals surface area contributed by atoms with Crippen LogP contribution in [0.3, 0.4) is 0 Å². The zero-order chi connectivity index (χ0) is 12.6. The molecular weight excluding hydrogens is 166 g/mol. The number of esters is 1. The second-order valence-electron chi connectivity index (χ2n) is 2.87. The van der Waals surface area contributed by atoms with E-state index in [4.69, 9.17) is 8.85 Å². The summed E-state index contributed by atoms with van der Waals surface area (Å²) in [6.45, 7) is 2.79. The van der Waals surface area contributed by atoms with Crippen molar-refractivity contribution in [3.05, 3.63) is 12.7 Å². The van der Waals surface area contributed by atoms with Crippen LogP contribution in [0.4, 0.5) is 0 Å².